The summed E-state index contributed by atoms with van der Waals surface area (Å²) in [5.74, 6) is -5.36. The van der Waals surface area contributed by atoms with E-state index < -0.39 is 64.8 Å². The molecule has 0 unspecified atom stereocenters. The van der Waals surface area contributed by atoms with Crippen LogP contribution in [0.4, 0.5) is 0 Å². The van der Waals surface area contributed by atoms with Crippen LogP contribution in [0.2, 0.25) is 0 Å². The van der Waals surface area contributed by atoms with Crippen LogP contribution >= 0.6 is 0 Å². The molecule has 4 rings (SSSR count). The summed E-state index contributed by atoms with van der Waals surface area (Å²) in [6.07, 6.45) is -0.0289. The first-order valence-corrected chi connectivity index (χ1v) is 16.5. The van der Waals surface area contributed by atoms with Crippen molar-refractivity contribution in [3.63, 3.8) is 0 Å². The fraction of sp³-hybridized carbons (Fsp3) is 0.205. The summed E-state index contributed by atoms with van der Waals surface area (Å²) in [5.41, 5.74) is 32.5. The molecule has 0 aliphatic carbocycles. The quantitative estimate of drug-likeness (QED) is 0.0518. The molecule has 0 spiro atoms. The Morgan fingerprint density at radius 2 is 0.750 bits per heavy atom. The number of ketones is 3. The predicted molar refractivity (Wildman–Crippen MR) is 193 cm³/mol. The number of nitrogens with one attached hydrogen (secondary N) is 2. The van der Waals surface area contributed by atoms with Crippen LogP contribution in [0.1, 0.15) is 22.3 Å². The smallest absolute Gasteiger partial charge is 0.360 e. The minimum absolute atomic E-state index is 0.137. The number of hydrogen-bond donors (Lipinski definition) is 4. The van der Waals surface area contributed by atoms with E-state index in [-0.39, 0.29) is 25.7 Å². The van der Waals surface area contributed by atoms with Gasteiger partial charge in [0.15, 0.2) is 0 Å². The van der Waals surface area contributed by atoms with E-state index in [1.807, 2.05) is 12.1 Å². The van der Waals surface area contributed by atoms with Crippen LogP contribution in [-0.4, -0.2) is 74.3 Å². The number of rotatable bonds is 18. The second-order valence-electron chi connectivity index (χ2n) is 12.0. The Bertz CT molecular complexity index is 1840. The molecule has 0 aliphatic heterocycles. The lowest BCUT2D eigenvalue weighted by molar-refractivity contribution is -0.131. The SMILES string of the molecule is [N-]=[N+]=C(C(=O)C(=[N+]=[N-])C(=O)[C@@H](Cc1ccccc1)NC(=O)[C@@H](N)Cc1ccccc1)C(=O)[C@@H](Cc1ccccc1)NC(=O)[C@@H](N)Cc1ccccc1. The van der Waals surface area contributed by atoms with E-state index in [0.717, 1.165) is 11.1 Å². The van der Waals surface area contributed by atoms with Crippen LogP contribution in [0.15, 0.2) is 121 Å². The van der Waals surface area contributed by atoms with Crippen LogP contribution in [0.25, 0.3) is 11.1 Å². The van der Waals surface area contributed by atoms with Crippen LogP contribution in [0.5, 0.6) is 0 Å². The molecule has 264 valence electrons. The Hall–Kier alpha value is -6.49. The number of hydrogen-bond acceptors (Lipinski definition) is 7. The van der Waals surface area contributed by atoms with Crippen LogP contribution in [-0.2, 0) is 49.7 Å². The van der Waals surface area contributed by atoms with Crippen molar-refractivity contribution in [3.8, 4) is 0 Å². The summed E-state index contributed by atoms with van der Waals surface area (Å²) in [5, 5.41) is 5.08. The van der Waals surface area contributed by atoms with Gasteiger partial charge in [0.2, 0.25) is 11.8 Å². The molecule has 0 radical (unpaired) electrons. The summed E-state index contributed by atoms with van der Waals surface area (Å²) in [6, 6.07) is 29.7. The zero-order valence-corrected chi connectivity index (χ0v) is 28.2. The third-order valence-corrected chi connectivity index (χ3v) is 8.20. The lowest BCUT2D eigenvalue weighted by Crippen LogP contribution is -2.55. The van der Waals surface area contributed by atoms with Crippen molar-refractivity contribution in [2.75, 3.05) is 0 Å². The Morgan fingerprint density at radius 3 is 1.02 bits per heavy atom. The molecule has 13 heteroatoms. The van der Waals surface area contributed by atoms with E-state index in [2.05, 4.69) is 20.2 Å². The van der Waals surface area contributed by atoms with E-state index in [0.29, 0.717) is 11.1 Å². The second-order valence-corrected chi connectivity index (χ2v) is 12.0. The number of nitrogens with two attached hydrogens (primary N) is 2. The molecule has 0 saturated carbocycles. The highest BCUT2D eigenvalue weighted by Gasteiger charge is 2.47. The third-order valence-electron chi connectivity index (χ3n) is 8.20. The van der Waals surface area contributed by atoms with Gasteiger partial charge in [-0.1, -0.05) is 121 Å². The predicted octanol–water partition coefficient (Wildman–Crippen LogP) is 1.63. The summed E-state index contributed by atoms with van der Waals surface area (Å²) < 4.78 is 0. The maximum Gasteiger partial charge on any atom is 0.415 e. The fourth-order valence-electron chi connectivity index (χ4n) is 5.45. The zero-order valence-electron chi connectivity index (χ0n) is 28.2. The first-order chi connectivity index (χ1) is 25.1. The van der Waals surface area contributed by atoms with E-state index >= 15 is 0 Å². The van der Waals surface area contributed by atoms with E-state index in [9.17, 15) is 35.0 Å². The highest BCUT2D eigenvalue weighted by molar-refractivity contribution is 6.87. The van der Waals surface area contributed by atoms with Crippen LogP contribution in [0, 0.1) is 0 Å². The highest BCUT2D eigenvalue weighted by Crippen LogP contribution is 2.10. The maximum atomic E-state index is 13.9. The third kappa shape index (κ3) is 10.8. The molecular weight excluding hydrogens is 660 g/mol. The number of carbonyl (C=O) groups excluding carboxylic acids is 5. The summed E-state index contributed by atoms with van der Waals surface area (Å²) in [6.45, 7) is 0. The Labute approximate surface area is 300 Å². The summed E-state index contributed by atoms with van der Waals surface area (Å²) in [4.78, 5) is 73.7. The van der Waals surface area contributed by atoms with Crippen molar-refractivity contribution in [3.05, 3.63) is 155 Å². The Morgan fingerprint density at radius 1 is 0.481 bits per heavy atom. The molecule has 4 atom stereocenters. The highest BCUT2D eigenvalue weighted by atomic mass is 16.2. The van der Waals surface area contributed by atoms with Gasteiger partial charge in [-0.05, 0) is 35.1 Å². The number of Topliss-reactive ketones (excluding diaryl/α,β-unsaturated/α-hetero) is 3. The van der Waals surface area contributed by atoms with Gasteiger partial charge >= 0.3 is 17.2 Å². The summed E-state index contributed by atoms with van der Waals surface area (Å²) >= 11 is 0. The molecule has 0 fully saturated rings. The van der Waals surface area contributed by atoms with Crippen molar-refractivity contribution in [1.82, 2.24) is 10.6 Å². The normalized spacial score (nSPS) is 12.8. The molecule has 2 amide bonds. The maximum absolute atomic E-state index is 13.9. The van der Waals surface area contributed by atoms with Gasteiger partial charge in [-0.2, -0.15) is 9.58 Å². The van der Waals surface area contributed by atoms with Gasteiger partial charge < -0.3 is 33.2 Å². The zero-order chi connectivity index (χ0) is 37.5. The molecule has 13 nitrogen and oxygen atoms in total. The lowest BCUT2D eigenvalue weighted by atomic mass is 9.92. The molecule has 0 bridgehead atoms. The molecule has 6 N–H and O–H groups in total. The molecule has 4 aromatic rings. The van der Waals surface area contributed by atoms with Crippen LogP contribution in [0.3, 0.4) is 0 Å². The number of carbonyl (C=O) groups is 5. The van der Waals surface area contributed by atoms with Crippen molar-refractivity contribution in [2.45, 2.75) is 49.9 Å². The van der Waals surface area contributed by atoms with Gasteiger partial charge in [0, 0.05) is 12.8 Å². The fourth-order valence-corrected chi connectivity index (χ4v) is 5.45. The van der Waals surface area contributed by atoms with Gasteiger partial charge in [0.1, 0.15) is 12.1 Å². The molecule has 0 saturated heterocycles. The first-order valence-electron chi connectivity index (χ1n) is 16.5. The Balaban J connectivity index is 1.58. The standard InChI is InChI=1S/C39H38N8O5/c40-29(21-25-13-5-1-6-14-25)38(51)44-31(23-27-17-9-3-10-18-27)35(48)33(46-42)37(50)34(47-43)36(49)32(24-28-19-11-4-12-20-28)45-39(52)30(41)22-26-15-7-2-8-16-26/h1-20,29-32H,21-24,40-41H2,(H,44,51)(H,45,52)/t29-,30-,31+,32+/m0/s1. The molecule has 0 aliphatic rings. The van der Waals surface area contributed by atoms with Crippen molar-refractivity contribution in [2.24, 2.45) is 11.5 Å². The average molecular weight is 699 g/mol. The van der Waals surface area contributed by atoms with Gasteiger partial charge in [0.05, 0.1) is 12.1 Å². The molecule has 0 aromatic heterocycles. The first kappa shape index (κ1) is 38.3. The number of amides is 2. The van der Waals surface area contributed by atoms with Gasteiger partial charge in [-0.15, -0.1) is 0 Å². The van der Waals surface area contributed by atoms with E-state index in [1.165, 1.54) is 0 Å². The number of benzene rings is 4. The molecule has 52 heavy (non-hydrogen) atoms. The Kier molecular flexibility index (Phi) is 14.0. The minimum atomic E-state index is -1.54. The number of nitrogens with zero attached hydrogens (tertiary/aromatic N) is 4. The topological polar surface area (TPSA) is 234 Å². The van der Waals surface area contributed by atoms with Gasteiger partial charge in [0.25, 0.3) is 11.6 Å². The van der Waals surface area contributed by atoms with Crippen molar-refractivity contribution in [1.29, 1.82) is 0 Å². The van der Waals surface area contributed by atoms with E-state index in [1.54, 1.807) is 109 Å². The lowest BCUT2D eigenvalue weighted by Gasteiger charge is -2.19. The second kappa shape index (κ2) is 19.0. The monoisotopic (exact) mass is 698 g/mol. The van der Waals surface area contributed by atoms with Gasteiger partial charge in [-0.25, -0.2) is 0 Å². The van der Waals surface area contributed by atoms with Crippen LogP contribution < -0.4 is 22.1 Å². The average Bonchev–Trinajstić information content (AvgIpc) is 3.16. The molecular formula is C39H38N8O5. The molecule has 0 heterocycles. The summed E-state index contributed by atoms with van der Waals surface area (Å²) in [7, 11) is 0. The minimum Gasteiger partial charge on any atom is -0.360 e. The largest absolute Gasteiger partial charge is 0.415 e. The molecule has 4 aromatic carbocycles. The van der Waals surface area contributed by atoms with Gasteiger partial charge in [-0.3, -0.25) is 24.0 Å². The van der Waals surface area contributed by atoms with Crippen molar-refractivity contribution >= 4 is 40.6 Å². The van der Waals surface area contributed by atoms with E-state index in [4.69, 9.17) is 11.5 Å². The van der Waals surface area contributed by atoms with Crippen molar-refractivity contribution < 1.29 is 33.6 Å².